The van der Waals surface area contributed by atoms with Gasteiger partial charge >= 0.3 is 0 Å². The number of carbonyl (C=O) groups excluding carboxylic acids is 3. The van der Waals surface area contributed by atoms with Crippen LogP contribution in [0.15, 0.2) is 54.6 Å². The molecule has 134 valence electrons. The largest absolute Gasteiger partial charge is 0.350 e. The van der Waals surface area contributed by atoms with Crippen LogP contribution in [-0.4, -0.2) is 29.2 Å². The molecule has 0 saturated carbocycles. The van der Waals surface area contributed by atoms with Crippen molar-refractivity contribution in [2.45, 2.75) is 25.4 Å². The van der Waals surface area contributed by atoms with Gasteiger partial charge in [0.1, 0.15) is 0 Å². The molecule has 1 fully saturated rings. The molecule has 1 atom stereocenters. The summed E-state index contributed by atoms with van der Waals surface area (Å²) in [6.07, 6.45) is 0.558. The average molecular weight is 351 g/mol. The Kier molecular flexibility index (Phi) is 5.43. The number of nitrogens with two attached hydrogens (primary N) is 1. The highest BCUT2D eigenvalue weighted by Crippen LogP contribution is 2.16. The number of amides is 3. The number of imide groups is 1. The molecule has 0 aliphatic carbocycles. The molecule has 0 radical (unpaired) electrons. The number of carbonyl (C=O) groups is 3. The van der Waals surface area contributed by atoms with E-state index in [-0.39, 0.29) is 43.1 Å². The van der Waals surface area contributed by atoms with Gasteiger partial charge in [-0.15, -0.1) is 0 Å². The van der Waals surface area contributed by atoms with E-state index in [2.05, 4.69) is 5.32 Å². The van der Waals surface area contributed by atoms with E-state index in [1.165, 1.54) is 4.90 Å². The summed E-state index contributed by atoms with van der Waals surface area (Å²) >= 11 is 0. The van der Waals surface area contributed by atoms with Crippen molar-refractivity contribution in [2.75, 3.05) is 6.54 Å². The standard InChI is InChI=1S/C20H21N3O3/c21-17(15-4-2-1-3-5-15)12-22-20(26)16-8-6-14(7-9-16)13-23-18(24)10-11-19(23)25/h1-9,17H,10-13,21H2,(H,22,26). The zero-order valence-electron chi connectivity index (χ0n) is 14.4. The Balaban J connectivity index is 1.55. The van der Waals surface area contributed by atoms with Gasteiger partial charge in [-0.3, -0.25) is 19.3 Å². The van der Waals surface area contributed by atoms with Gasteiger partial charge < -0.3 is 11.1 Å². The van der Waals surface area contributed by atoms with Gasteiger partial charge in [0.25, 0.3) is 5.91 Å². The summed E-state index contributed by atoms with van der Waals surface area (Å²) in [6.45, 7) is 0.583. The van der Waals surface area contributed by atoms with E-state index in [1.54, 1.807) is 24.3 Å². The molecular formula is C20H21N3O3. The Morgan fingerprint density at radius 1 is 1.00 bits per heavy atom. The summed E-state index contributed by atoms with van der Waals surface area (Å²) in [4.78, 5) is 36.8. The van der Waals surface area contributed by atoms with E-state index >= 15 is 0 Å². The van der Waals surface area contributed by atoms with Gasteiger partial charge in [0.05, 0.1) is 6.54 Å². The molecular weight excluding hydrogens is 330 g/mol. The lowest BCUT2D eigenvalue weighted by atomic mass is 10.1. The van der Waals surface area contributed by atoms with Crippen molar-refractivity contribution in [3.05, 3.63) is 71.3 Å². The van der Waals surface area contributed by atoms with E-state index in [4.69, 9.17) is 5.73 Å². The van der Waals surface area contributed by atoms with E-state index in [0.717, 1.165) is 11.1 Å². The second-order valence-corrected chi connectivity index (χ2v) is 6.30. The Hall–Kier alpha value is -2.99. The van der Waals surface area contributed by atoms with Crippen LogP contribution in [0.25, 0.3) is 0 Å². The van der Waals surface area contributed by atoms with Crippen molar-refractivity contribution < 1.29 is 14.4 Å². The van der Waals surface area contributed by atoms with Crippen molar-refractivity contribution in [3.8, 4) is 0 Å². The second-order valence-electron chi connectivity index (χ2n) is 6.30. The first-order chi connectivity index (χ1) is 12.5. The Morgan fingerprint density at radius 2 is 1.62 bits per heavy atom. The molecule has 6 heteroatoms. The molecule has 0 spiro atoms. The fourth-order valence-corrected chi connectivity index (χ4v) is 2.87. The summed E-state index contributed by atoms with van der Waals surface area (Å²) in [7, 11) is 0. The number of nitrogens with one attached hydrogen (secondary N) is 1. The van der Waals surface area contributed by atoms with Crippen LogP contribution in [0.3, 0.4) is 0 Å². The maximum absolute atomic E-state index is 12.3. The Labute approximate surface area is 152 Å². The van der Waals surface area contributed by atoms with Gasteiger partial charge in [0.15, 0.2) is 0 Å². The first-order valence-corrected chi connectivity index (χ1v) is 8.55. The number of nitrogens with zero attached hydrogens (tertiary/aromatic N) is 1. The predicted octanol–water partition coefficient (Wildman–Crippen LogP) is 1.77. The third-order valence-corrected chi connectivity index (χ3v) is 4.42. The van der Waals surface area contributed by atoms with E-state index < -0.39 is 0 Å². The third-order valence-electron chi connectivity index (χ3n) is 4.42. The summed E-state index contributed by atoms with van der Waals surface area (Å²) in [5.41, 5.74) is 8.36. The van der Waals surface area contributed by atoms with Crippen LogP contribution in [0.2, 0.25) is 0 Å². The van der Waals surface area contributed by atoms with Crippen LogP contribution < -0.4 is 11.1 Å². The van der Waals surface area contributed by atoms with Crippen LogP contribution in [0.1, 0.15) is 40.4 Å². The van der Waals surface area contributed by atoms with Gasteiger partial charge in [-0.1, -0.05) is 42.5 Å². The molecule has 26 heavy (non-hydrogen) atoms. The van der Waals surface area contributed by atoms with Gasteiger partial charge in [0, 0.05) is 31.0 Å². The molecule has 2 aromatic carbocycles. The topological polar surface area (TPSA) is 92.5 Å². The summed E-state index contributed by atoms with van der Waals surface area (Å²) < 4.78 is 0. The van der Waals surface area contributed by atoms with Crippen LogP contribution in [0.5, 0.6) is 0 Å². The lowest BCUT2D eigenvalue weighted by Crippen LogP contribution is -2.32. The van der Waals surface area contributed by atoms with Gasteiger partial charge in [0.2, 0.25) is 11.8 Å². The minimum absolute atomic E-state index is 0.147. The molecule has 6 nitrogen and oxygen atoms in total. The second kappa shape index (κ2) is 7.93. The molecule has 1 saturated heterocycles. The average Bonchev–Trinajstić information content (AvgIpc) is 2.99. The molecule has 2 aromatic rings. The quantitative estimate of drug-likeness (QED) is 0.776. The zero-order chi connectivity index (χ0) is 18.5. The van der Waals surface area contributed by atoms with Gasteiger partial charge in [-0.05, 0) is 23.3 Å². The Morgan fingerprint density at radius 3 is 2.23 bits per heavy atom. The predicted molar refractivity (Wildman–Crippen MR) is 96.9 cm³/mol. The van der Waals surface area contributed by atoms with E-state index in [9.17, 15) is 14.4 Å². The maximum Gasteiger partial charge on any atom is 0.251 e. The third kappa shape index (κ3) is 4.15. The molecule has 3 N–H and O–H groups in total. The summed E-state index contributed by atoms with van der Waals surface area (Å²) in [5.74, 6) is -0.505. The molecule has 0 aromatic heterocycles. The minimum atomic E-state index is -0.272. The van der Waals surface area contributed by atoms with E-state index in [0.29, 0.717) is 12.1 Å². The van der Waals surface area contributed by atoms with Gasteiger partial charge in [-0.2, -0.15) is 0 Å². The summed E-state index contributed by atoms with van der Waals surface area (Å²) in [5, 5.41) is 2.82. The van der Waals surface area contributed by atoms with Gasteiger partial charge in [-0.25, -0.2) is 0 Å². The highest BCUT2D eigenvalue weighted by molar-refractivity contribution is 6.01. The molecule has 1 heterocycles. The first kappa shape index (κ1) is 17.8. The maximum atomic E-state index is 12.3. The highest BCUT2D eigenvalue weighted by atomic mass is 16.2. The monoisotopic (exact) mass is 351 g/mol. The number of likely N-dealkylation sites (tertiary alicyclic amines) is 1. The van der Waals surface area contributed by atoms with Crippen molar-refractivity contribution in [2.24, 2.45) is 5.73 Å². The molecule has 1 unspecified atom stereocenters. The summed E-state index contributed by atoms with van der Waals surface area (Å²) in [6, 6.07) is 16.2. The number of hydrogen-bond acceptors (Lipinski definition) is 4. The van der Waals surface area contributed by atoms with Crippen molar-refractivity contribution in [1.82, 2.24) is 10.2 Å². The highest BCUT2D eigenvalue weighted by Gasteiger charge is 2.28. The lowest BCUT2D eigenvalue weighted by Gasteiger charge is -2.15. The molecule has 0 bridgehead atoms. The van der Waals surface area contributed by atoms with E-state index in [1.807, 2.05) is 30.3 Å². The smallest absolute Gasteiger partial charge is 0.251 e. The number of benzene rings is 2. The Bertz CT molecular complexity index is 787. The van der Waals surface area contributed by atoms with Crippen molar-refractivity contribution in [3.63, 3.8) is 0 Å². The van der Waals surface area contributed by atoms with Crippen LogP contribution in [0, 0.1) is 0 Å². The number of hydrogen-bond donors (Lipinski definition) is 2. The molecule has 1 aliphatic rings. The van der Waals surface area contributed by atoms with Crippen molar-refractivity contribution in [1.29, 1.82) is 0 Å². The minimum Gasteiger partial charge on any atom is -0.350 e. The molecule has 1 aliphatic heterocycles. The zero-order valence-corrected chi connectivity index (χ0v) is 14.4. The normalized spacial score (nSPS) is 15.2. The SMILES string of the molecule is NC(CNC(=O)c1ccc(CN2C(=O)CCC2=O)cc1)c1ccccc1. The van der Waals surface area contributed by atoms with Crippen LogP contribution in [0.4, 0.5) is 0 Å². The van der Waals surface area contributed by atoms with Crippen LogP contribution in [-0.2, 0) is 16.1 Å². The van der Waals surface area contributed by atoms with Crippen LogP contribution >= 0.6 is 0 Å². The number of rotatable bonds is 6. The first-order valence-electron chi connectivity index (χ1n) is 8.55. The fraction of sp³-hybridized carbons (Fsp3) is 0.250. The molecule has 3 amide bonds. The fourth-order valence-electron chi connectivity index (χ4n) is 2.87. The van der Waals surface area contributed by atoms with Crippen molar-refractivity contribution >= 4 is 17.7 Å². The lowest BCUT2D eigenvalue weighted by molar-refractivity contribution is -0.139. The molecule has 3 rings (SSSR count).